The minimum atomic E-state index is 0.492. The summed E-state index contributed by atoms with van der Waals surface area (Å²) in [7, 11) is 0. The van der Waals surface area contributed by atoms with Crippen molar-refractivity contribution in [1.29, 1.82) is 0 Å². The molecule has 3 atom stereocenters. The van der Waals surface area contributed by atoms with Crippen molar-refractivity contribution in [3.8, 4) is 0 Å². The van der Waals surface area contributed by atoms with E-state index < -0.39 is 0 Å². The number of fused-ring (bicyclic) bond motifs is 1. The predicted octanol–water partition coefficient (Wildman–Crippen LogP) is 2.02. The van der Waals surface area contributed by atoms with Crippen LogP contribution in [-0.2, 0) is 4.74 Å². The van der Waals surface area contributed by atoms with Crippen LogP contribution in [0, 0.1) is 5.92 Å². The molecule has 3 unspecified atom stereocenters. The lowest BCUT2D eigenvalue weighted by Crippen LogP contribution is -2.40. The molecule has 3 fully saturated rings. The average molecular weight is 252 g/mol. The highest BCUT2D eigenvalue weighted by Crippen LogP contribution is 2.35. The van der Waals surface area contributed by atoms with Crippen LogP contribution in [0.25, 0.3) is 0 Å². The summed E-state index contributed by atoms with van der Waals surface area (Å²) in [6.07, 6.45) is 10.3. The summed E-state index contributed by atoms with van der Waals surface area (Å²) in [5, 5.41) is 3.58. The average Bonchev–Trinajstić information content (AvgIpc) is 3.04. The van der Waals surface area contributed by atoms with Crippen LogP contribution in [0.2, 0.25) is 0 Å². The van der Waals surface area contributed by atoms with Crippen LogP contribution in [0.15, 0.2) is 0 Å². The predicted molar refractivity (Wildman–Crippen MR) is 73.8 cm³/mol. The van der Waals surface area contributed by atoms with Gasteiger partial charge < -0.3 is 10.1 Å². The van der Waals surface area contributed by atoms with Crippen LogP contribution in [-0.4, -0.2) is 49.8 Å². The van der Waals surface area contributed by atoms with E-state index in [2.05, 4.69) is 10.2 Å². The Kier molecular flexibility index (Phi) is 4.55. The second-order valence-electron chi connectivity index (χ2n) is 6.28. The number of likely N-dealkylation sites (tertiary alicyclic amines) is 1. The fourth-order valence-electron chi connectivity index (χ4n) is 4.07. The molecule has 0 amide bonds. The minimum absolute atomic E-state index is 0.492. The van der Waals surface area contributed by atoms with Gasteiger partial charge in [-0.3, -0.25) is 4.90 Å². The molecule has 3 nitrogen and oxygen atoms in total. The van der Waals surface area contributed by atoms with Gasteiger partial charge in [0.1, 0.15) is 0 Å². The first-order valence-electron chi connectivity index (χ1n) is 8.00. The molecule has 0 aromatic carbocycles. The summed E-state index contributed by atoms with van der Waals surface area (Å²) >= 11 is 0. The van der Waals surface area contributed by atoms with E-state index in [0.29, 0.717) is 6.10 Å². The first kappa shape index (κ1) is 12.9. The minimum Gasteiger partial charge on any atom is -0.377 e. The van der Waals surface area contributed by atoms with Crippen molar-refractivity contribution in [2.75, 3.05) is 32.8 Å². The number of hydrogen-bond donors (Lipinski definition) is 1. The third-order valence-electron chi connectivity index (χ3n) is 5.10. The molecular formula is C15H28N2O. The molecule has 3 rings (SSSR count). The Labute approximate surface area is 111 Å². The van der Waals surface area contributed by atoms with Crippen LogP contribution >= 0.6 is 0 Å². The Morgan fingerprint density at radius 1 is 1.06 bits per heavy atom. The van der Waals surface area contributed by atoms with Gasteiger partial charge in [0.25, 0.3) is 0 Å². The highest BCUT2D eigenvalue weighted by molar-refractivity contribution is 4.89. The van der Waals surface area contributed by atoms with Crippen molar-refractivity contribution >= 4 is 0 Å². The van der Waals surface area contributed by atoms with E-state index in [4.69, 9.17) is 4.74 Å². The standard InChI is InChI=1S/C15H28N2O/c1-2-6-15-13(4-1)7-9-17(15)10-8-16-12-14-5-3-11-18-14/h13-16H,1-12H2. The summed E-state index contributed by atoms with van der Waals surface area (Å²) in [6.45, 7) is 5.76. The molecule has 0 aromatic rings. The maximum atomic E-state index is 5.63. The van der Waals surface area contributed by atoms with Crippen molar-refractivity contribution in [3.05, 3.63) is 0 Å². The Morgan fingerprint density at radius 3 is 2.89 bits per heavy atom. The van der Waals surface area contributed by atoms with Crippen LogP contribution in [0.3, 0.4) is 0 Å². The number of ether oxygens (including phenoxy) is 1. The zero-order valence-electron chi connectivity index (χ0n) is 11.6. The molecule has 2 aliphatic heterocycles. The van der Waals surface area contributed by atoms with E-state index in [1.807, 2.05) is 0 Å². The molecule has 0 aromatic heterocycles. The normalized spacial score (nSPS) is 37.0. The summed E-state index contributed by atoms with van der Waals surface area (Å²) in [5.41, 5.74) is 0. The molecule has 1 N–H and O–H groups in total. The van der Waals surface area contributed by atoms with E-state index in [0.717, 1.165) is 31.7 Å². The van der Waals surface area contributed by atoms with Crippen LogP contribution in [0.4, 0.5) is 0 Å². The zero-order valence-corrected chi connectivity index (χ0v) is 11.6. The summed E-state index contributed by atoms with van der Waals surface area (Å²) < 4.78 is 5.63. The van der Waals surface area contributed by atoms with Crippen LogP contribution in [0.1, 0.15) is 44.9 Å². The summed E-state index contributed by atoms with van der Waals surface area (Å²) in [6, 6.07) is 0.920. The lowest BCUT2D eigenvalue weighted by molar-refractivity contribution is 0.108. The zero-order chi connectivity index (χ0) is 12.2. The first-order chi connectivity index (χ1) is 8.93. The molecule has 0 spiro atoms. The van der Waals surface area contributed by atoms with Gasteiger partial charge in [-0.1, -0.05) is 12.8 Å². The van der Waals surface area contributed by atoms with Gasteiger partial charge in [0, 0.05) is 32.3 Å². The molecule has 1 saturated carbocycles. The molecular weight excluding hydrogens is 224 g/mol. The highest BCUT2D eigenvalue weighted by atomic mass is 16.5. The molecule has 0 bridgehead atoms. The Bertz CT molecular complexity index is 253. The monoisotopic (exact) mass is 252 g/mol. The van der Waals surface area contributed by atoms with E-state index in [1.54, 1.807) is 0 Å². The van der Waals surface area contributed by atoms with Crippen molar-refractivity contribution in [1.82, 2.24) is 10.2 Å². The van der Waals surface area contributed by atoms with E-state index in [-0.39, 0.29) is 0 Å². The third-order valence-corrected chi connectivity index (χ3v) is 5.10. The maximum Gasteiger partial charge on any atom is 0.0700 e. The smallest absolute Gasteiger partial charge is 0.0700 e. The lowest BCUT2D eigenvalue weighted by Gasteiger charge is -2.31. The van der Waals surface area contributed by atoms with Gasteiger partial charge in [0.15, 0.2) is 0 Å². The van der Waals surface area contributed by atoms with Gasteiger partial charge in [-0.25, -0.2) is 0 Å². The van der Waals surface area contributed by atoms with E-state index in [9.17, 15) is 0 Å². The van der Waals surface area contributed by atoms with E-state index in [1.165, 1.54) is 58.0 Å². The second-order valence-corrected chi connectivity index (χ2v) is 6.28. The molecule has 3 aliphatic rings. The largest absolute Gasteiger partial charge is 0.377 e. The van der Waals surface area contributed by atoms with Gasteiger partial charge in [-0.15, -0.1) is 0 Å². The Hall–Kier alpha value is -0.120. The van der Waals surface area contributed by atoms with Gasteiger partial charge in [0.05, 0.1) is 6.10 Å². The third kappa shape index (κ3) is 3.06. The summed E-state index contributed by atoms with van der Waals surface area (Å²) in [4.78, 5) is 2.74. The van der Waals surface area contributed by atoms with Crippen molar-refractivity contribution in [2.45, 2.75) is 57.1 Å². The number of nitrogens with one attached hydrogen (secondary N) is 1. The molecule has 2 heterocycles. The van der Waals surface area contributed by atoms with Crippen LogP contribution < -0.4 is 5.32 Å². The van der Waals surface area contributed by atoms with Crippen LogP contribution in [0.5, 0.6) is 0 Å². The molecule has 1 aliphatic carbocycles. The second kappa shape index (κ2) is 6.36. The summed E-state index contributed by atoms with van der Waals surface area (Å²) in [5.74, 6) is 1.02. The Morgan fingerprint density at radius 2 is 2.00 bits per heavy atom. The van der Waals surface area contributed by atoms with Crippen molar-refractivity contribution in [3.63, 3.8) is 0 Å². The maximum absolute atomic E-state index is 5.63. The van der Waals surface area contributed by atoms with Gasteiger partial charge >= 0.3 is 0 Å². The Balaban J connectivity index is 1.33. The first-order valence-corrected chi connectivity index (χ1v) is 8.00. The molecule has 18 heavy (non-hydrogen) atoms. The van der Waals surface area contributed by atoms with Crippen molar-refractivity contribution in [2.24, 2.45) is 5.92 Å². The quantitative estimate of drug-likeness (QED) is 0.758. The van der Waals surface area contributed by atoms with E-state index >= 15 is 0 Å². The highest BCUT2D eigenvalue weighted by Gasteiger charge is 2.34. The number of rotatable bonds is 5. The topological polar surface area (TPSA) is 24.5 Å². The van der Waals surface area contributed by atoms with Gasteiger partial charge in [0.2, 0.25) is 0 Å². The molecule has 104 valence electrons. The van der Waals surface area contributed by atoms with Gasteiger partial charge in [-0.2, -0.15) is 0 Å². The lowest BCUT2D eigenvalue weighted by atomic mass is 9.85. The fraction of sp³-hybridized carbons (Fsp3) is 1.00. The fourth-order valence-corrected chi connectivity index (χ4v) is 4.07. The number of nitrogens with zero attached hydrogens (tertiary/aromatic N) is 1. The van der Waals surface area contributed by atoms with Gasteiger partial charge in [-0.05, 0) is 44.6 Å². The molecule has 2 saturated heterocycles. The number of hydrogen-bond acceptors (Lipinski definition) is 3. The van der Waals surface area contributed by atoms with Crippen molar-refractivity contribution < 1.29 is 4.74 Å². The molecule has 0 radical (unpaired) electrons. The SMILES string of the molecule is C1COC(CNCCN2CCC3CCCCC32)C1. The molecule has 3 heteroatoms.